The zero-order valence-corrected chi connectivity index (χ0v) is 11.5. The Bertz CT molecular complexity index is 411. The van der Waals surface area contributed by atoms with E-state index in [4.69, 9.17) is 15.3 Å². The van der Waals surface area contributed by atoms with Crippen molar-refractivity contribution in [3.8, 4) is 5.88 Å². The van der Waals surface area contributed by atoms with Crippen LogP contribution in [0.3, 0.4) is 0 Å². The molecule has 0 amide bonds. The molecular formula is C12H21N5O2. The number of aliphatic imine (C=N–C) groups is 1. The minimum absolute atomic E-state index is 0.117. The second-order valence-corrected chi connectivity index (χ2v) is 4.02. The van der Waals surface area contributed by atoms with Crippen molar-refractivity contribution in [2.45, 2.75) is 19.5 Å². The van der Waals surface area contributed by atoms with E-state index in [0.717, 1.165) is 5.56 Å². The molecule has 1 heterocycles. The zero-order chi connectivity index (χ0) is 14.1. The number of aromatic nitrogens is 1. The number of rotatable bonds is 6. The molecule has 0 bridgehead atoms. The van der Waals surface area contributed by atoms with Crippen molar-refractivity contribution in [3.63, 3.8) is 0 Å². The lowest BCUT2D eigenvalue weighted by atomic mass is 10.3. The summed E-state index contributed by atoms with van der Waals surface area (Å²) in [5.74, 6) is 6.50. The SMILES string of the molecule is COCC(C)NC(=NCc1ccnc(OC)c1)NN. The number of nitrogens with one attached hydrogen (secondary N) is 2. The van der Waals surface area contributed by atoms with Crippen molar-refractivity contribution in [1.29, 1.82) is 0 Å². The van der Waals surface area contributed by atoms with E-state index < -0.39 is 0 Å². The molecule has 0 radical (unpaired) electrons. The summed E-state index contributed by atoms with van der Waals surface area (Å²) in [6, 6.07) is 3.82. The number of hydrogen-bond acceptors (Lipinski definition) is 5. The fourth-order valence-electron chi connectivity index (χ4n) is 1.49. The van der Waals surface area contributed by atoms with E-state index in [9.17, 15) is 0 Å². The molecule has 0 saturated carbocycles. The highest BCUT2D eigenvalue weighted by atomic mass is 16.5. The van der Waals surface area contributed by atoms with E-state index in [1.54, 1.807) is 20.4 Å². The van der Waals surface area contributed by atoms with Crippen molar-refractivity contribution in [1.82, 2.24) is 15.7 Å². The molecule has 1 aromatic heterocycles. The molecule has 0 aliphatic heterocycles. The number of hydrogen-bond donors (Lipinski definition) is 3. The van der Waals surface area contributed by atoms with Gasteiger partial charge in [0, 0.05) is 25.4 Å². The van der Waals surface area contributed by atoms with Gasteiger partial charge in [0.05, 0.1) is 20.3 Å². The van der Waals surface area contributed by atoms with Gasteiger partial charge in [0.15, 0.2) is 0 Å². The maximum atomic E-state index is 5.42. The monoisotopic (exact) mass is 267 g/mol. The number of pyridine rings is 1. The van der Waals surface area contributed by atoms with E-state index in [1.807, 2.05) is 19.1 Å². The predicted molar refractivity (Wildman–Crippen MR) is 73.7 cm³/mol. The van der Waals surface area contributed by atoms with Crippen molar-refractivity contribution < 1.29 is 9.47 Å². The second kappa shape index (κ2) is 8.28. The van der Waals surface area contributed by atoms with Gasteiger partial charge in [-0.25, -0.2) is 15.8 Å². The highest BCUT2D eigenvalue weighted by Gasteiger charge is 2.04. The van der Waals surface area contributed by atoms with Crippen LogP contribution < -0.4 is 21.3 Å². The first kappa shape index (κ1) is 15.2. The fourth-order valence-corrected chi connectivity index (χ4v) is 1.49. The van der Waals surface area contributed by atoms with Crippen LogP contribution >= 0.6 is 0 Å². The maximum absolute atomic E-state index is 5.42. The van der Waals surface area contributed by atoms with Crippen molar-refractivity contribution in [2.75, 3.05) is 20.8 Å². The summed E-state index contributed by atoms with van der Waals surface area (Å²) in [4.78, 5) is 8.38. The first-order valence-electron chi connectivity index (χ1n) is 5.95. The highest BCUT2D eigenvalue weighted by Crippen LogP contribution is 2.09. The van der Waals surface area contributed by atoms with E-state index in [-0.39, 0.29) is 6.04 Å². The summed E-state index contributed by atoms with van der Waals surface area (Å²) in [6.07, 6.45) is 1.68. The largest absolute Gasteiger partial charge is 0.481 e. The fraction of sp³-hybridized carbons (Fsp3) is 0.500. The van der Waals surface area contributed by atoms with Crippen LogP contribution in [-0.2, 0) is 11.3 Å². The van der Waals surface area contributed by atoms with Crippen LogP contribution in [0, 0.1) is 0 Å². The second-order valence-electron chi connectivity index (χ2n) is 4.02. The molecule has 1 rings (SSSR count). The molecule has 0 aliphatic carbocycles. The predicted octanol–water partition coefficient (Wildman–Crippen LogP) is 0.0340. The van der Waals surface area contributed by atoms with Crippen molar-refractivity contribution >= 4 is 5.96 Å². The Morgan fingerprint density at radius 3 is 2.95 bits per heavy atom. The topological polar surface area (TPSA) is 93.8 Å². The number of methoxy groups -OCH3 is 2. The molecule has 0 aromatic carbocycles. The van der Waals surface area contributed by atoms with Crippen LogP contribution in [0.1, 0.15) is 12.5 Å². The molecule has 0 saturated heterocycles. The molecule has 1 unspecified atom stereocenters. The molecule has 1 aromatic rings. The van der Waals surface area contributed by atoms with Gasteiger partial charge in [0.1, 0.15) is 0 Å². The van der Waals surface area contributed by atoms with E-state index in [1.165, 1.54) is 0 Å². The standard InChI is InChI=1S/C12H21N5O2/c1-9(8-18-2)16-12(17-13)15-7-10-4-5-14-11(6-10)19-3/h4-6,9H,7-8,13H2,1-3H3,(H2,15,16,17). The Hall–Kier alpha value is -1.86. The molecule has 19 heavy (non-hydrogen) atoms. The van der Waals surface area contributed by atoms with Gasteiger partial charge in [0.25, 0.3) is 0 Å². The average molecular weight is 267 g/mol. The molecule has 0 aliphatic rings. The quantitative estimate of drug-likeness (QED) is 0.291. The van der Waals surface area contributed by atoms with Gasteiger partial charge in [-0.1, -0.05) is 0 Å². The van der Waals surface area contributed by atoms with Crippen LogP contribution in [0.15, 0.2) is 23.3 Å². The average Bonchev–Trinajstić information content (AvgIpc) is 2.44. The lowest BCUT2D eigenvalue weighted by Crippen LogP contribution is -2.46. The molecule has 1 atom stereocenters. The Labute approximate surface area is 113 Å². The lowest BCUT2D eigenvalue weighted by molar-refractivity contribution is 0.179. The lowest BCUT2D eigenvalue weighted by Gasteiger charge is -2.15. The first-order valence-corrected chi connectivity index (χ1v) is 5.95. The Balaban J connectivity index is 2.60. The summed E-state index contributed by atoms with van der Waals surface area (Å²) in [6.45, 7) is 3.03. The van der Waals surface area contributed by atoms with Crippen molar-refractivity contribution in [3.05, 3.63) is 23.9 Å². The zero-order valence-electron chi connectivity index (χ0n) is 11.5. The first-order chi connectivity index (χ1) is 9.19. The Morgan fingerprint density at radius 2 is 2.32 bits per heavy atom. The molecule has 7 heteroatoms. The van der Waals surface area contributed by atoms with Crippen LogP contribution in [0.4, 0.5) is 0 Å². The minimum Gasteiger partial charge on any atom is -0.481 e. The molecule has 7 nitrogen and oxygen atoms in total. The highest BCUT2D eigenvalue weighted by molar-refractivity contribution is 5.79. The van der Waals surface area contributed by atoms with Crippen LogP contribution in [-0.4, -0.2) is 37.8 Å². The van der Waals surface area contributed by atoms with Gasteiger partial charge in [0.2, 0.25) is 11.8 Å². The minimum atomic E-state index is 0.117. The van der Waals surface area contributed by atoms with Gasteiger partial charge >= 0.3 is 0 Å². The van der Waals surface area contributed by atoms with Gasteiger partial charge < -0.3 is 14.8 Å². The smallest absolute Gasteiger partial charge is 0.213 e. The Kier molecular flexibility index (Phi) is 6.62. The summed E-state index contributed by atoms with van der Waals surface area (Å²) >= 11 is 0. The molecule has 106 valence electrons. The third-order valence-electron chi connectivity index (χ3n) is 2.36. The van der Waals surface area contributed by atoms with Gasteiger partial charge in [-0.2, -0.15) is 0 Å². The number of nitrogens with zero attached hydrogens (tertiary/aromatic N) is 2. The number of nitrogens with two attached hydrogens (primary N) is 1. The van der Waals surface area contributed by atoms with E-state index in [0.29, 0.717) is 25.0 Å². The summed E-state index contributed by atoms with van der Waals surface area (Å²) in [5.41, 5.74) is 3.51. The van der Waals surface area contributed by atoms with Crippen molar-refractivity contribution in [2.24, 2.45) is 10.8 Å². The number of guanidine groups is 1. The van der Waals surface area contributed by atoms with Gasteiger partial charge in [-0.05, 0) is 18.6 Å². The normalized spacial score (nSPS) is 12.9. The molecule has 0 spiro atoms. The third kappa shape index (κ3) is 5.54. The summed E-state index contributed by atoms with van der Waals surface area (Å²) < 4.78 is 10.1. The van der Waals surface area contributed by atoms with E-state index >= 15 is 0 Å². The third-order valence-corrected chi connectivity index (χ3v) is 2.36. The molecule has 0 fully saturated rings. The molecular weight excluding hydrogens is 246 g/mol. The van der Waals surface area contributed by atoms with E-state index in [2.05, 4.69) is 20.7 Å². The van der Waals surface area contributed by atoms with Gasteiger partial charge in [-0.3, -0.25) is 5.43 Å². The van der Waals surface area contributed by atoms with Crippen LogP contribution in [0.2, 0.25) is 0 Å². The van der Waals surface area contributed by atoms with Gasteiger partial charge in [-0.15, -0.1) is 0 Å². The summed E-state index contributed by atoms with van der Waals surface area (Å²) in [5, 5.41) is 3.11. The molecule has 4 N–H and O–H groups in total. The maximum Gasteiger partial charge on any atom is 0.213 e. The number of hydrazine groups is 1. The van der Waals surface area contributed by atoms with Crippen LogP contribution in [0.25, 0.3) is 0 Å². The Morgan fingerprint density at radius 1 is 1.53 bits per heavy atom. The van der Waals surface area contributed by atoms with Crippen LogP contribution in [0.5, 0.6) is 5.88 Å². The summed E-state index contributed by atoms with van der Waals surface area (Å²) in [7, 11) is 3.23. The number of ether oxygens (including phenoxy) is 2.